The SMILES string of the molecule is CC1CC1NC(=O)C=CC(=O)O. The molecule has 2 N–H and O–H groups in total. The van der Waals surface area contributed by atoms with Gasteiger partial charge in [-0.1, -0.05) is 6.92 Å². The summed E-state index contributed by atoms with van der Waals surface area (Å²) in [6, 6.07) is 0.246. The van der Waals surface area contributed by atoms with E-state index in [9.17, 15) is 9.59 Å². The molecule has 2 atom stereocenters. The van der Waals surface area contributed by atoms with Gasteiger partial charge in [0.05, 0.1) is 0 Å². The molecule has 4 heteroatoms. The van der Waals surface area contributed by atoms with Gasteiger partial charge in [-0.05, 0) is 12.3 Å². The number of carbonyl (C=O) groups excluding carboxylic acids is 1. The molecule has 4 nitrogen and oxygen atoms in total. The number of carbonyl (C=O) groups is 2. The van der Waals surface area contributed by atoms with Crippen molar-refractivity contribution in [3.8, 4) is 0 Å². The molecule has 0 aromatic heterocycles. The summed E-state index contributed by atoms with van der Waals surface area (Å²) in [6.07, 6.45) is 2.86. The van der Waals surface area contributed by atoms with Gasteiger partial charge in [0.15, 0.2) is 0 Å². The Labute approximate surface area is 70.3 Å². The van der Waals surface area contributed by atoms with Crippen LogP contribution in [0.3, 0.4) is 0 Å². The molecule has 1 aliphatic carbocycles. The van der Waals surface area contributed by atoms with E-state index in [1.165, 1.54) is 0 Å². The van der Waals surface area contributed by atoms with E-state index in [1.807, 2.05) is 6.92 Å². The molecule has 1 aliphatic rings. The molecule has 0 saturated heterocycles. The second-order valence-electron chi connectivity index (χ2n) is 3.00. The zero-order chi connectivity index (χ0) is 9.14. The Balaban J connectivity index is 2.25. The van der Waals surface area contributed by atoms with E-state index in [0.29, 0.717) is 5.92 Å². The second kappa shape index (κ2) is 3.38. The summed E-state index contributed by atoms with van der Waals surface area (Å²) in [5.74, 6) is -0.895. The van der Waals surface area contributed by atoms with Crippen LogP contribution in [0.1, 0.15) is 13.3 Å². The average molecular weight is 169 g/mol. The van der Waals surface area contributed by atoms with E-state index in [-0.39, 0.29) is 11.9 Å². The number of aliphatic carboxylic acids is 1. The van der Waals surface area contributed by atoms with Gasteiger partial charge in [-0.25, -0.2) is 4.79 Å². The molecule has 0 bridgehead atoms. The molecular formula is C8H11NO3. The Kier molecular flexibility index (Phi) is 2.47. The third kappa shape index (κ3) is 2.74. The molecule has 0 spiro atoms. The van der Waals surface area contributed by atoms with Crippen molar-refractivity contribution >= 4 is 11.9 Å². The predicted octanol–water partition coefficient (Wildman–Crippen LogP) is 0.152. The third-order valence-corrected chi connectivity index (χ3v) is 1.81. The van der Waals surface area contributed by atoms with Gasteiger partial charge in [0.25, 0.3) is 0 Å². The molecule has 0 aromatic rings. The molecule has 0 radical (unpaired) electrons. The third-order valence-electron chi connectivity index (χ3n) is 1.81. The molecule has 2 unspecified atom stereocenters. The monoisotopic (exact) mass is 169 g/mol. The molecule has 0 aromatic carbocycles. The summed E-state index contributed by atoms with van der Waals surface area (Å²) in [4.78, 5) is 20.9. The molecule has 1 saturated carbocycles. The molecule has 0 heterocycles. The normalized spacial score (nSPS) is 27.1. The molecule has 1 rings (SSSR count). The Morgan fingerprint density at radius 3 is 2.50 bits per heavy atom. The number of hydrogen-bond acceptors (Lipinski definition) is 2. The quantitative estimate of drug-likeness (QED) is 0.591. The van der Waals surface area contributed by atoms with Crippen LogP contribution in [0.2, 0.25) is 0 Å². The van der Waals surface area contributed by atoms with Gasteiger partial charge in [-0.3, -0.25) is 4.79 Å². The van der Waals surface area contributed by atoms with E-state index in [2.05, 4.69) is 5.32 Å². The van der Waals surface area contributed by atoms with Gasteiger partial charge in [0, 0.05) is 18.2 Å². The summed E-state index contributed by atoms with van der Waals surface area (Å²) in [7, 11) is 0. The smallest absolute Gasteiger partial charge is 0.328 e. The Morgan fingerprint density at radius 2 is 2.08 bits per heavy atom. The lowest BCUT2D eigenvalue weighted by Crippen LogP contribution is -2.24. The van der Waals surface area contributed by atoms with Crippen LogP contribution in [0.5, 0.6) is 0 Å². The second-order valence-corrected chi connectivity index (χ2v) is 3.00. The van der Waals surface area contributed by atoms with Crippen molar-refractivity contribution in [3.63, 3.8) is 0 Å². The van der Waals surface area contributed by atoms with Crippen molar-refractivity contribution < 1.29 is 14.7 Å². The first-order valence-corrected chi connectivity index (χ1v) is 3.81. The van der Waals surface area contributed by atoms with Crippen molar-refractivity contribution in [1.29, 1.82) is 0 Å². The zero-order valence-electron chi connectivity index (χ0n) is 6.78. The van der Waals surface area contributed by atoms with Crippen LogP contribution < -0.4 is 5.32 Å². The maximum Gasteiger partial charge on any atom is 0.328 e. The van der Waals surface area contributed by atoms with Gasteiger partial charge in [-0.15, -0.1) is 0 Å². The van der Waals surface area contributed by atoms with Gasteiger partial charge in [0.2, 0.25) is 5.91 Å². The van der Waals surface area contributed by atoms with Gasteiger partial charge < -0.3 is 10.4 Å². The Hall–Kier alpha value is -1.32. The highest BCUT2D eigenvalue weighted by molar-refractivity contribution is 5.94. The molecule has 12 heavy (non-hydrogen) atoms. The first-order chi connectivity index (χ1) is 5.59. The minimum Gasteiger partial charge on any atom is -0.478 e. The fourth-order valence-corrected chi connectivity index (χ4v) is 0.901. The lowest BCUT2D eigenvalue weighted by molar-refractivity contribution is -0.131. The standard InChI is InChI=1S/C8H11NO3/c1-5-4-6(5)9-7(10)2-3-8(11)12/h2-3,5-6H,4H2,1H3,(H,9,10)(H,11,12). The fraction of sp³-hybridized carbons (Fsp3) is 0.500. The summed E-state index contributed by atoms with van der Waals surface area (Å²) < 4.78 is 0. The molecule has 1 fully saturated rings. The predicted molar refractivity (Wildman–Crippen MR) is 42.5 cm³/mol. The van der Waals surface area contributed by atoms with Crippen LogP contribution in [0.25, 0.3) is 0 Å². The summed E-state index contributed by atoms with van der Waals surface area (Å²) in [5.41, 5.74) is 0. The van der Waals surface area contributed by atoms with Gasteiger partial charge >= 0.3 is 5.97 Å². The molecule has 1 amide bonds. The number of carboxylic acids is 1. The Morgan fingerprint density at radius 1 is 1.50 bits per heavy atom. The lowest BCUT2D eigenvalue weighted by atomic mass is 10.4. The van der Waals surface area contributed by atoms with E-state index in [1.54, 1.807) is 0 Å². The number of nitrogens with one attached hydrogen (secondary N) is 1. The highest BCUT2D eigenvalue weighted by Gasteiger charge is 2.33. The van der Waals surface area contributed by atoms with Gasteiger partial charge in [0.1, 0.15) is 0 Å². The van der Waals surface area contributed by atoms with Crippen molar-refractivity contribution in [2.75, 3.05) is 0 Å². The highest BCUT2D eigenvalue weighted by atomic mass is 16.4. The largest absolute Gasteiger partial charge is 0.478 e. The van der Waals surface area contributed by atoms with Crippen LogP contribution in [-0.4, -0.2) is 23.0 Å². The molecular weight excluding hydrogens is 158 g/mol. The van der Waals surface area contributed by atoms with Crippen molar-refractivity contribution in [2.45, 2.75) is 19.4 Å². The Bertz CT molecular complexity index is 234. The minimum atomic E-state index is -1.10. The number of hydrogen-bond donors (Lipinski definition) is 2. The van der Waals surface area contributed by atoms with Crippen LogP contribution >= 0.6 is 0 Å². The van der Waals surface area contributed by atoms with E-state index < -0.39 is 5.97 Å². The van der Waals surface area contributed by atoms with Crippen LogP contribution in [0, 0.1) is 5.92 Å². The van der Waals surface area contributed by atoms with Crippen LogP contribution in [0.4, 0.5) is 0 Å². The summed E-state index contributed by atoms with van der Waals surface area (Å²) >= 11 is 0. The zero-order valence-corrected chi connectivity index (χ0v) is 6.78. The fourth-order valence-electron chi connectivity index (χ4n) is 0.901. The highest BCUT2D eigenvalue weighted by Crippen LogP contribution is 2.28. The number of rotatable bonds is 3. The lowest BCUT2D eigenvalue weighted by Gasteiger charge is -1.96. The number of amides is 1. The van der Waals surface area contributed by atoms with Crippen molar-refractivity contribution in [2.24, 2.45) is 5.92 Å². The molecule has 0 aliphatic heterocycles. The molecule has 66 valence electrons. The average Bonchev–Trinajstić information content (AvgIpc) is 2.62. The van der Waals surface area contributed by atoms with E-state index in [4.69, 9.17) is 5.11 Å². The van der Waals surface area contributed by atoms with Crippen molar-refractivity contribution in [1.82, 2.24) is 5.32 Å². The van der Waals surface area contributed by atoms with E-state index >= 15 is 0 Å². The van der Waals surface area contributed by atoms with Crippen LogP contribution in [0.15, 0.2) is 12.2 Å². The number of carboxylic acid groups (broad SMARTS) is 1. The van der Waals surface area contributed by atoms with Crippen molar-refractivity contribution in [3.05, 3.63) is 12.2 Å². The topological polar surface area (TPSA) is 66.4 Å². The first-order valence-electron chi connectivity index (χ1n) is 3.81. The van der Waals surface area contributed by atoms with E-state index in [0.717, 1.165) is 18.6 Å². The summed E-state index contributed by atoms with van der Waals surface area (Å²) in [6.45, 7) is 2.03. The summed E-state index contributed by atoms with van der Waals surface area (Å²) in [5, 5.41) is 10.9. The minimum absolute atomic E-state index is 0.246. The maximum atomic E-state index is 10.9. The van der Waals surface area contributed by atoms with Crippen LogP contribution in [-0.2, 0) is 9.59 Å². The first kappa shape index (κ1) is 8.77. The van der Waals surface area contributed by atoms with Gasteiger partial charge in [-0.2, -0.15) is 0 Å². The maximum absolute atomic E-state index is 10.9.